The predicted molar refractivity (Wildman–Crippen MR) is 102 cm³/mol. The molecule has 1 fully saturated rings. The van der Waals surface area contributed by atoms with E-state index in [-0.39, 0.29) is 5.69 Å². The molecule has 0 spiro atoms. The van der Waals surface area contributed by atoms with Crippen LogP contribution in [0, 0.1) is 5.92 Å². The molecule has 1 aliphatic rings. The van der Waals surface area contributed by atoms with Gasteiger partial charge in [0.1, 0.15) is 0 Å². The van der Waals surface area contributed by atoms with Crippen LogP contribution in [-0.4, -0.2) is 9.55 Å². The average molecular weight is 326 g/mol. The van der Waals surface area contributed by atoms with E-state index in [9.17, 15) is 4.79 Å². The quantitative estimate of drug-likeness (QED) is 0.550. The second-order valence-corrected chi connectivity index (χ2v) is 6.84. The van der Waals surface area contributed by atoms with E-state index in [2.05, 4.69) is 35.3 Å². The zero-order valence-electron chi connectivity index (χ0n) is 13.9. The normalized spacial score (nSPS) is 14.2. The molecule has 0 N–H and O–H groups in total. The van der Waals surface area contributed by atoms with Crippen molar-refractivity contribution in [2.24, 2.45) is 5.92 Å². The Kier molecular flexibility index (Phi) is 3.20. The molecule has 0 unspecified atom stereocenters. The van der Waals surface area contributed by atoms with Crippen LogP contribution in [0.5, 0.6) is 0 Å². The zero-order chi connectivity index (χ0) is 16.8. The molecule has 1 heterocycles. The van der Waals surface area contributed by atoms with Crippen molar-refractivity contribution in [2.75, 3.05) is 0 Å². The van der Waals surface area contributed by atoms with Crippen LogP contribution in [0.4, 0.5) is 0 Å². The summed E-state index contributed by atoms with van der Waals surface area (Å²) in [6.07, 6.45) is 2.43. The van der Waals surface area contributed by atoms with Gasteiger partial charge in [0.05, 0.1) is 11.2 Å². The number of fused-ring (bicyclic) bond motifs is 2. The number of hydrogen-bond acceptors (Lipinski definition) is 2. The molecule has 0 saturated heterocycles. The van der Waals surface area contributed by atoms with E-state index in [0.717, 1.165) is 39.5 Å². The summed E-state index contributed by atoms with van der Waals surface area (Å²) in [5, 5.41) is 3.33. The minimum Gasteiger partial charge on any atom is -0.292 e. The van der Waals surface area contributed by atoms with Gasteiger partial charge in [-0.05, 0) is 35.6 Å². The van der Waals surface area contributed by atoms with Crippen LogP contribution in [0.25, 0.3) is 32.9 Å². The molecule has 5 rings (SSSR count). The molecule has 0 amide bonds. The number of nitrogens with zero attached hydrogens (tertiary/aromatic N) is 2. The Labute approximate surface area is 145 Å². The molecular weight excluding hydrogens is 308 g/mol. The Balaban J connectivity index is 1.83. The first kappa shape index (κ1) is 14.4. The summed E-state index contributed by atoms with van der Waals surface area (Å²) in [6, 6.07) is 22.6. The molecule has 1 aromatic heterocycles. The van der Waals surface area contributed by atoms with E-state index in [1.807, 2.05) is 41.0 Å². The van der Waals surface area contributed by atoms with Crippen LogP contribution in [0.3, 0.4) is 0 Å². The minimum absolute atomic E-state index is 0.145. The van der Waals surface area contributed by atoms with Crippen molar-refractivity contribution in [3.05, 3.63) is 77.2 Å². The monoisotopic (exact) mass is 326 g/mol. The lowest BCUT2D eigenvalue weighted by atomic mass is 9.99. The van der Waals surface area contributed by atoms with Gasteiger partial charge in [-0.3, -0.25) is 4.57 Å². The molecule has 1 saturated carbocycles. The van der Waals surface area contributed by atoms with E-state index in [1.54, 1.807) is 0 Å². The van der Waals surface area contributed by atoms with Crippen LogP contribution >= 0.6 is 0 Å². The van der Waals surface area contributed by atoms with Crippen molar-refractivity contribution >= 4 is 21.7 Å². The fraction of sp³-hybridized carbons (Fsp3) is 0.182. The molecule has 3 aromatic carbocycles. The lowest BCUT2D eigenvalue weighted by Crippen LogP contribution is -2.24. The molecule has 25 heavy (non-hydrogen) atoms. The van der Waals surface area contributed by atoms with Gasteiger partial charge in [0.15, 0.2) is 0 Å². The standard InChI is InChI=1S/C22H18N2O/c25-22-23-21(18-10-5-7-16-6-1-2-8-17(16)18)19-9-3-4-11-20(19)24(22)14-15-12-13-15/h1-11,15H,12-14H2. The average Bonchev–Trinajstić information content (AvgIpc) is 3.48. The van der Waals surface area contributed by atoms with Gasteiger partial charge in [-0.25, -0.2) is 4.79 Å². The maximum Gasteiger partial charge on any atom is 0.348 e. The van der Waals surface area contributed by atoms with E-state index in [1.165, 1.54) is 12.8 Å². The van der Waals surface area contributed by atoms with Crippen molar-refractivity contribution in [1.82, 2.24) is 9.55 Å². The number of para-hydroxylation sites is 1. The van der Waals surface area contributed by atoms with Crippen LogP contribution in [0.2, 0.25) is 0 Å². The second-order valence-electron chi connectivity index (χ2n) is 6.84. The van der Waals surface area contributed by atoms with Gasteiger partial charge >= 0.3 is 5.69 Å². The fourth-order valence-corrected chi connectivity index (χ4v) is 3.60. The van der Waals surface area contributed by atoms with E-state index < -0.39 is 0 Å². The third kappa shape index (κ3) is 2.43. The van der Waals surface area contributed by atoms with Crippen molar-refractivity contribution in [1.29, 1.82) is 0 Å². The number of aromatic nitrogens is 2. The maximum atomic E-state index is 12.8. The van der Waals surface area contributed by atoms with Gasteiger partial charge in [0.25, 0.3) is 0 Å². The maximum absolute atomic E-state index is 12.8. The summed E-state index contributed by atoms with van der Waals surface area (Å²) < 4.78 is 1.85. The molecule has 4 aromatic rings. The first-order valence-corrected chi connectivity index (χ1v) is 8.79. The highest BCUT2D eigenvalue weighted by Crippen LogP contribution is 2.34. The van der Waals surface area contributed by atoms with Gasteiger partial charge < -0.3 is 0 Å². The minimum atomic E-state index is -0.145. The predicted octanol–water partition coefficient (Wildman–Crippen LogP) is 4.63. The number of rotatable bonds is 3. The summed E-state index contributed by atoms with van der Waals surface area (Å²) in [4.78, 5) is 17.3. The van der Waals surface area contributed by atoms with Crippen LogP contribution in [0.1, 0.15) is 12.8 Å². The van der Waals surface area contributed by atoms with E-state index >= 15 is 0 Å². The van der Waals surface area contributed by atoms with Crippen molar-refractivity contribution in [3.8, 4) is 11.3 Å². The fourth-order valence-electron chi connectivity index (χ4n) is 3.60. The molecule has 122 valence electrons. The molecule has 1 aliphatic carbocycles. The molecule has 0 bridgehead atoms. The van der Waals surface area contributed by atoms with E-state index in [4.69, 9.17) is 0 Å². The molecule has 3 nitrogen and oxygen atoms in total. The Morgan fingerprint density at radius 3 is 2.44 bits per heavy atom. The lowest BCUT2D eigenvalue weighted by molar-refractivity contribution is 0.614. The van der Waals surface area contributed by atoms with Gasteiger partial charge in [-0.2, -0.15) is 4.98 Å². The molecule has 0 radical (unpaired) electrons. The Morgan fingerprint density at radius 2 is 1.60 bits per heavy atom. The largest absolute Gasteiger partial charge is 0.348 e. The summed E-state index contributed by atoms with van der Waals surface area (Å²) in [5.74, 6) is 0.631. The third-order valence-electron chi connectivity index (χ3n) is 5.07. The van der Waals surface area contributed by atoms with Crippen molar-refractivity contribution < 1.29 is 0 Å². The molecular formula is C22H18N2O. The number of hydrogen-bond donors (Lipinski definition) is 0. The Hall–Kier alpha value is -2.94. The number of benzene rings is 3. The zero-order valence-corrected chi connectivity index (χ0v) is 13.9. The Morgan fingerprint density at radius 1 is 0.880 bits per heavy atom. The SMILES string of the molecule is O=c1nc(-c2cccc3ccccc23)c2ccccc2n1CC1CC1. The third-order valence-corrected chi connectivity index (χ3v) is 5.07. The van der Waals surface area contributed by atoms with Gasteiger partial charge in [-0.1, -0.05) is 60.7 Å². The highest BCUT2D eigenvalue weighted by Gasteiger charge is 2.24. The van der Waals surface area contributed by atoms with Gasteiger partial charge in [-0.15, -0.1) is 0 Å². The highest BCUT2D eigenvalue weighted by molar-refractivity contribution is 6.02. The summed E-state index contributed by atoms with van der Waals surface area (Å²) in [6.45, 7) is 0.780. The van der Waals surface area contributed by atoms with Gasteiger partial charge in [0, 0.05) is 17.5 Å². The Bertz CT molecular complexity index is 1150. The van der Waals surface area contributed by atoms with Gasteiger partial charge in [0.2, 0.25) is 0 Å². The lowest BCUT2D eigenvalue weighted by Gasteiger charge is -2.13. The summed E-state index contributed by atoms with van der Waals surface area (Å²) in [7, 11) is 0. The molecule has 3 heteroatoms. The highest BCUT2D eigenvalue weighted by atomic mass is 16.1. The van der Waals surface area contributed by atoms with Crippen molar-refractivity contribution in [2.45, 2.75) is 19.4 Å². The summed E-state index contributed by atoms with van der Waals surface area (Å²) >= 11 is 0. The van der Waals surface area contributed by atoms with E-state index in [0.29, 0.717) is 5.92 Å². The second kappa shape index (κ2) is 5.55. The first-order valence-electron chi connectivity index (χ1n) is 8.79. The van der Waals surface area contributed by atoms with Crippen LogP contribution in [-0.2, 0) is 6.54 Å². The van der Waals surface area contributed by atoms with Crippen molar-refractivity contribution in [3.63, 3.8) is 0 Å². The first-order chi connectivity index (χ1) is 12.3. The topological polar surface area (TPSA) is 34.9 Å². The smallest absolute Gasteiger partial charge is 0.292 e. The van der Waals surface area contributed by atoms with Crippen LogP contribution in [0.15, 0.2) is 71.5 Å². The molecule has 0 atom stereocenters. The summed E-state index contributed by atoms with van der Waals surface area (Å²) in [5.41, 5.74) is 2.64. The van der Waals surface area contributed by atoms with Crippen LogP contribution < -0.4 is 5.69 Å². The molecule has 0 aliphatic heterocycles.